The third-order valence-electron chi connectivity index (χ3n) is 8.19. The van der Waals surface area contributed by atoms with Crippen LogP contribution < -0.4 is 14.4 Å². The van der Waals surface area contributed by atoms with Crippen molar-refractivity contribution in [2.75, 3.05) is 69.4 Å². The van der Waals surface area contributed by atoms with Crippen LogP contribution in [0.5, 0.6) is 5.75 Å². The molecule has 4 aromatic rings. The second-order valence-corrected chi connectivity index (χ2v) is 16.4. The average Bonchev–Trinajstić information content (AvgIpc) is 3.43. The molecule has 1 N–H and O–H groups in total. The minimum atomic E-state index is -4.01. The highest BCUT2D eigenvalue weighted by Crippen LogP contribution is 2.36. The second kappa shape index (κ2) is 15.8. The van der Waals surface area contributed by atoms with E-state index in [1.165, 1.54) is 29.2 Å². The number of nitrogens with one attached hydrogen (secondary N) is 1. The summed E-state index contributed by atoms with van der Waals surface area (Å²) < 4.78 is 41.1. The lowest BCUT2D eigenvalue weighted by molar-refractivity contribution is 0.0939. The number of fused-ring (bicyclic) bond motifs is 1. The lowest BCUT2D eigenvalue weighted by Gasteiger charge is -2.37. The van der Waals surface area contributed by atoms with Gasteiger partial charge in [-0.3, -0.25) is 9.10 Å². The fourth-order valence-corrected chi connectivity index (χ4v) is 8.84. The van der Waals surface area contributed by atoms with Crippen LogP contribution >= 0.6 is 23.5 Å². The third-order valence-corrected chi connectivity index (χ3v) is 12.3. The molecule has 1 aliphatic rings. The van der Waals surface area contributed by atoms with E-state index in [1.54, 1.807) is 43.0 Å². The molecule has 3 heterocycles. The average molecular weight is 698 g/mol. The van der Waals surface area contributed by atoms with Gasteiger partial charge in [0.25, 0.3) is 15.9 Å². The molecule has 252 valence electrons. The molecule has 0 bridgehead atoms. The van der Waals surface area contributed by atoms with Crippen molar-refractivity contribution < 1.29 is 22.7 Å². The van der Waals surface area contributed by atoms with Crippen molar-refractivity contribution in [3.05, 3.63) is 84.2 Å². The van der Waals surface area contributed by atoms with E-state index in [4.69, 9.17) is 9.47 Å². The van der Waals surface area contributed by atoms with Gasteiger partial charge in [0.15, 0.2) is 5.03 Å². The number of anilines is 1. The Morgan fingerprint density at radius 3 is 2.53 bits per heavy atom. The van der Waals surface area contributed by atoms with Crippen molar-refractivity contribution >= 4 is 56.0 Å². The number of thioether (sulfide) groups is 2. The van der Waals surface area contributed by atoms with E-state index in [0.29, 0.717) is 41.2 Å². The summed E-state index contributed by atoms with van der Waals surface area (Å²) in [7, 11) is 0.845. The number of benzene rings is 2. The van der Waals surface area contributed by atoms with E-state index >= 15 is 0 Å². The Balaban J connectivity index is 1.43. The summed E-state index contributed by atoms with van der Waals surface area (Å²) in [6.45, 7) is 6.29. The van der Waals surface area contributed by atoms with Crippen molar-refractivity contribution in [3.8, 4) is 5.75 Å². The summed E-state index contributed by atoms with van der Waals surface area (Å²) in [5, 5.41) is 3.83. The van der Waals surface area contributed by atoms with E-state index in [1.807, 2.05) is 35.7 Å². The SMILES string of the molecule is COCCOc1cc(N(C)S(=O)(=O)c2ccccn2)c2c(c1)cc(C(=O)NCC(C)(CN1CCSCC1)SCc1ccccc1)n2C. The molecule has 1 atom stereocenters. The number of aryl methyl sites for hydroxylation is 1. The number of carbonyl (C=O) groups is 1. The normalized spacial score (nSPS) is 15.3. The van der Waals surface area contributed by atoms with Crippen molar-refractivity contribution in [1.82, 2.24) is 19.8 Å². The molecule has 0 radical (unpaired) electrons. The summed E-state index contributed by atoms with van der Waals surface area (Å²) in [5.74, 6) is 3.32. The van der Waals surface area contributed by atoms with Gasteiger partial charge in [-0.2, -0.15) is 20.2 Å². The maximum Gasteiger partial charge on any atom is 0.281 e. The van der Waals surface area contributed by atoms with Gasteiger partial charge in [-0.1, -0.05) is 36.4 Å². The Morgan fingerprint density at radius 2 is 1.83 bits per heavy atom. The predicted molar refractivity (Wildman–Crippen MR) is 192 cm³/mol. The molecule has 13 heteroatoms. The summed E-state index contributed by atoms with van der Waals surface area (Å²) in [4.78, 5) is 20.5. The van der Waals surface area contributed by atoms with Crippen LogP contribution in [-0.4, -0.2) is 98.6 Å². The third kappa shape index (κ3) is 8.63. The molecule has 0 aliphatic carbocycles. The number of nitrogens with zero attached hydrogens (tertiary/aromatic N) is 4. The number of carbonyl (C=O) groups excluding carboxylic acids is 1. The fourth-order valence-electron chi connectivity index (χ4n) is 5.58. The Morgan fingerprint density at radius 1 is 1.09 bits per heavy atom. The number of pyridine rings is 1. The van der Waals surface area contributed by atoms with Gasteiger partial charge >= 0.3 is 0 Å². The number of rotatable bonds is 15. The van der Waals surface area contributed by atoms with Crippen LogP contribution in [0.2, 0.25) is 0 Å². The zero-order valence-electron chi connectivity index (χ0n) is 27.3. The molecule has 47 heavy (non-hydrogen) atoms. The first-order chi connectivity index (χ1) is 22.6. The molecule has 2 aromatic carbocycles. The smallest absolute Gasteiger partial charge is 0.281 e. The molecule has 1 amide bonds. The molecule has 1 aliphatic heterocycles. The maximum absolute atomic E-state index is 13.9. The van der Waals surface area contributed by atoms with Crippen LogP contribution in [0.3, 0.4) is 0 Å². The molecular weight excluding hydrogens is 655 g/mol. The highest BCUT2D eigenvalue weighted by Gasteiger charge is 2.31. The Bertz CT molecular complexity index is 1750. The molecule has 0 spiro atoms. The van der Waals surface area contributed by atoms with Crippen LogP contribution in [0.15, 0.2) is 78.0 Å². The lowest BCUT2D eigenvalue weighted by Crippen LogP contribution is -2.49. The number of sulfonamides is 1. The predicted octanol–water partition coefficient (Wildman–Crippen LogP) is 4.89. The number of amides is 1. The highest BCUT2D eigenvalue weighted by molar-refractivity contribution is 8.00. The van der Waals surface area contributed by atoms with Gasteiger partial charge < -0.3 is 24.3 Å². The highest BCUT2D eigenvalue weighted by atomic mass is 32.2. The van der Waals surface area contributed by atoms with E-state index in [9.17, 15) is 13.2 Å². The molecule has 1 fully saturated rings. The topological polar surface area (TPSA) is 106 Å². The molecule has 2 aromatic heterocycles. The van der Waals surface area contributed by atoms with Crippen LogP contribution in [0, 0.1) is 0 Å². The molecule has 1 saturated heterocycles. The minimum Gasteiger partial charge on any atom is -0.491 e. The molecule has 10 nitrogen and oxygen atoms in total. The van der Waals surface area contributed by atoms with Gasteiger partial charge in [0.05, 0.1) is 17.8 Å². The monoisotopic (exact) mass is 697 g/mol. The number of methoxy groups -OCH3 is 1. The van der Waals surface area contributed by atoms with Crippen LogP contribution in [0.4, 0.5) is 5.69 Å². The number of aromatic nitrogens is 2. The summed E-state index contributed by atoms with van der Waals surface area (Å²) in [5.41, 5.74) is 2.62. The first kappa shape index (κ1) is 35.1. The fraction of sp³-hybridized carbons (Fsp3) is 0.412. The molecule has 1 unspecified atom stereocenters. The summed E-state index contributed by atoms with van der Waals surface area (Å²) in [6, 6.07) is 20.4. The first-order valence-electron chi connectivity index (χ1n) is 15.5. The lowest BCUT2D eigenvalue weighted by atomic mass is 10.1. The van der Waals surface area contributed by atoms with E-state index in [-0.39, 0.29) is 22.3 Å². The van der Waals surface area contributed by atoms with E-state index in [2.05, 4.69) is 46.4 Å². The van der Waals surface area contributed by atoms with Gasteiger partial charge in [0, 0.05) is 87.0 Å². The maximum atomic E-state index is 13.9. The van der Waals surface area contributed by atoms with Crippen LogP contribution in [-0.2, 0) is 27.6 Å². The second-order valence-electron chi connectivity index (χ2n) is 11.7. The van der Waals surface area contributed by atoms with E-state index in [0.717, 1.165) is 36.9 Å². The van der Waals surface area contributed by atoms with Gasteiger partial charge in [-0.05, 0) is 36.8 Å². The van der Waals surface area contributed by atoms with Crippen molar-refractivity contribution in [2.45, 2.75) is 22.4 Å². The van der Waals surface area contributed by atoms with Gasteiger partial charge in [0.2, 0.25) is 0 Å². The minimum absolute atomic E-state index is 0.0758. The number of hydrogen-bond acceptors (Lipinski definition) is 9. The van der Waals surface area contributed by atoms with Crippen molar-refractivity contribution in [1.29, 1.82) is 0 Å². The summed E-state index contributed by atoms with van der Waals surface area (Å²) >= 11 is 3.84. The largest absolute Gasteiger partial charge is 0.491 e. The van der Waals surface area contributed by atoms with Crippen LogP contribution in [0.25, 0.3) is 10.9 Å². The number of hydrogen-bond donors (Lipinski definition) is 1. The zero-order valence-corrected chi connectivity index (χ0v) is 29.8. The molecule has 0 saturated carbocycles. The first-order valence-corrected chi connectivity index (χ1v) is 19.1. The van der Waals surface area contributed by atoms with Crippen LogP contribution in [0.1, 0.15) is 23.0 Å². The quantitative estimate of drug-likeness (QED) is 0.174. The van der Waals surface area contributed by atoms with Gasteiger partial charge in [-0.25, -0.2) is 4.98 Å². The van der Waals surface area contributed by atoms with Crippen molar-refractivity contribution in [3.63, 3.8) is 0 Å². The van der Waals surface area contributed by atoms with Crippen molar-refractivity contribution in [2.24, 2.45) is 7.05 Å². The Labute approximate surface area is 286 Å². The Kier molecular flexibility index (Phi) is 11.8. The zero-order chi connectivity index (χ0) is 33.4. The molecular formula is C34H43N5O5S3. The van der Waals surface area contributed by atoms with Gasteiger partial charge in [0.1, 0.15) is 18.1 Å². The number of ether oxygens (including phenoxy) is 2. The van der Waals surface area contributed by atoms with E-state index < -0.39 is 10.0 Å². The molecule has 5 rings (SSSR count). The Hall–Kier alpha value is -3.23. The standard InChI is InChI=1S/C34H43N5O5S3/c1-34(25-39-14-18-45-19-15-39,46-23-26-10-6-5-7-11-26)24-36-33(40)30-21-27-20-28(44-17-16-43-4)22-29(32(27)37(30)2)38(3)47(41,42)31-12-8-9-13-35-31/h5-13,20-22H,14-19,23-25H2,1-4H3,(H,36,40). The van der Waals surface area contributed by atoms with Gasteiger partial charge in [-0.15, -0.1) is 11.8 Å². The summed E-state index contributed by atoms with van der Waals surface area (Å²) in [6.07, 6.45) is 1.45.